The molecule has 1 aromatic rings. The normalized spacial score (nSPS) is 30.2. The maximum atomic E-state index is 13.1. The van der Waals surface area contributed by atoms with Gasteiger partial charge < -0.3 is 26.0 Å². The van der Waals surface area contributed by atoms with Crippen molar-refractivity contribution in [2.75, 3.05) is 36.1 Å². The van der Waals surface area contributed by atoms with Crippen LogP contribution >= 0.6 is 0 Å². The number of rotatable bonds is 4. The Hall–Kier alpha value is -1.95. The zero-order chi connectivity index (χ0) is 19.0. The van der Waals surface area contributed by atoms with Crippen LogP contribution in [0, 0.1) is 5.92 Å². The number of benzene rings is 1. The van der Waals surface area contributed by atoms with E-state index in [9.17, 15) is 4.79 Å². The Kier molecular flexibility index (Phi) is 5.17. The number of nitrogens with two attached hydrogens (primary N) is 1. The Morgan fingerprint density at radius 1 is 1.11 bits per heavy atom. The molecular formula is C21H32N4O2. The minimum Gasteiger partial charge on any atom is -0.397 e. The lowest BCUT2D eigenvalue weighted by atomic mass is 9.87. The first-order chi connectivity index (χ1) is 13.0. The molecule has 0 spiro atoms. The minimum absolute atomic E-state index is 0.00209. The lowest BCUT2D eigenvalue weighted by molar-refractivity contribution is 0.0304. The summed E-state index contributed by atoms with van der Waals surface area (Å²) < 4.78 is 5.98. The highest BCUT2D eigenvalue weighted by Gasteiger charge is 2.35. The van der Waals surface area contributed by atoms with Gasteiger partial charge in [-0.05, 0) is 56.6 Å². The summed E-state index contributed by atoms with van der Waals surface area (Å²) in [6.07, 6.45) is 7.26. The van der Waals surface area contributed by atoms with E-state index in [1.54, 1.807) is 0 Å². The van der Waals surface area contributed by atoms with Crippen LogP contribution < -0.4 is 21.3 Å². The molecule has 6 nitrogen and oxygen atoms in total. The van der Waals surface area contributed by atoms with Crippen LogP contribution in [-0.4, -0.2) is 44.3 Å². The highest BCUT2D eigenvalue weighted by atomic mass is 16.5. The van der Waals surface area contributed by atoms with Crippen LogP contribution in [0.1, 0.15) is 55.8 Å². The predicted molar refractivity (Wildman–Crippen MR) is 109 cm³/mol. The van der Waals surface area contributed by atoms with Crippen LogP contribution in [0.2, 0.25) is 0 Å². The van der Waals surface area contributed by atoms with Gasteiger partial charge in [-0.2, -0.15) is 0 Å². The molecule has 6 heteroatoms. The van der Waals surface area contributed by atoms with Crippen LogP contribution in [0.5, 0.6) is 0 Å². The molecule has 2 aliphatic heterocycles. The Balaban J connectivity index is 1.58. The molecule has 2 heterocycles. The summed E-state index contributed by atoms with van der Waals surface area (Å²) >= 11 is 0. The molecular weight excluding hydrogens is 340 g/mol. The van der Waals surface area contributed by atoms with Crippen molar-refractivity contribution in [1.29, 1.82) is 0 Å². The molecule has 4 N–H and O–H groups in total. The number of nitrogens with one attached hydrogen (secondary N) is 2. The molecule has 0 aromatic heterocycles. The first kappa shape index (κ1) is 18.4. The van der Waals surface area contributed by atoms with Gasteiger partial charge in [0, 0.05) is 26.2 Å². The molecule has 2 unspecified atom stereocenters. The van der Waals surface area contributed by atoms with Crippen molar-refractivity contribution in [3.63, 3.8) is 0 Å². The average molecular weight is 373 g/mol. The van der Waals surface area contributed by atoms with Crippen LogP contribution in [0.25, 0.3) is 0 Å². The van der Waals surface area contributed by atoms with Crippen molar-refractivity contribution < 1.29 is 9.53 Å². The number of anilines is 3. The van der Waals surface area contributed by atoms with E-state index in [2.05, 4.69) is 22.5 Å². The molecule has 0 radical (unpaired) electrons. The quantitative estimate of drug-likeness (QED) is 0.708. The number of hydrogen-bond donors (Lipinski definition) is 3. The molecule has 1 saturated carbocycles. The molecule has 2 bridgehead atoms. The van der Waals surface area contributed by atoms with Crippen LogP contribution in [0.4, 0.5) is 17.1 Å². The number of nitrogens with zero attached hydrogens (tertiary/aromatic N) is 1. The van der Waals surface area contributed by atoms with Gasteiger partial charge in [-0.25, -0.2) is 0 Å². The summed E-state index contributed by atoms with van der Waals surface area (Å²) in [6, 6.07) is 4.13. The number of carbonyl (C=O) groups is 1. The SMILES string of the molecule is CNc1cc(N2CC3CCC(C2)O3)c(C(=O)NC2CCC(C)CC2)cc1N. The first-order valence-electron chi connectivity index (χ1n) is 10.4. The van der Waals surface area contributed by atoms with Crippen LogP contribution in [0.15, 0.2) is 12.1 Å². The fourth-order valence-electron chi connectivity index (χ4n) is 4.74. The lowest BCUT2D eigenvalue weighted by Crippen LogP contribution is -2.44. The van der Waals surface area contributed by atoms with Gasteiger partial charge >= 0.3 is 0 Å². The van der Waals surface area contributed by atoms with Gasteiger partial charge in [0.2, 0.25) is 0 Å². The lowest BCUT2D eigenvalue weighted by Gasteiger charge is -2.35. The molecule has 3 fully saturated rings. The molecule has 4 rings (SSSR count). The Labute approximate surface area is 161 Å². The average Bonchev–Trinajstić information content (AvgIpc) is 3.01. The van der Waals surface area contributed by atoms with Gasteiger partial charge in [0.05, 0.1) is 34.8 Å². The number of hydrogen-bond acceptors (Lipinski definition) is 5. The summed E-state index contributed by atoms with van der Waals surface area (Å²) in [5, 5.41) is 6.42. The number of nitrogen functional groups attached to an aromatic ring is 1. The van der Waals surface area contributed by atoms with Gasteiger partial charge in [-0.1, -0.05) is 6.92 Å². The first-order valence-corrected chi connectivity index (χ1v) is 10.4. The number of carbonyl (C=O) groups excluding carboxylic acids is 1. The number of morpholine rings is 1. The molecule has 1 amide bonds. The summed E-state index contributed by atoms with van der Waals surface area (Å²) in [6.45, 7) is 3.97. The molecule has 27 heavy (non-hydrogen) atoms. The maximum absolute atomic E-state index is 13.1. The zero-order valence-corrected chi connectivity index (χ0v) is 16.5. The third-order valence-corrected chi connectivity index (χ3v) is 6.42. The monoisotopic (exact) mass is 372 g/mol. The van der Waals surface area contributed by atoms with Crippen molar-refractivity contribution in [3.05, 3.63) is 17.7 Å². The van der Waals surface area contributed by atoms with E-state index < -0.39 is 0 Å². The van der Waals surface area contributed by atoms with E-state index in [4.69, 9.17) is 10.5 Å². The van der Waals surface area contributed by atoms with Crippen molar-refractivity contribution in [3.8, 4) is 0 Å². The van der Waals surface area contributed by atoms with E-state index in [-0.39, 0.29) is 24.2 Å². The largest absolute Gasteiger partial charge is 0.397 e. The second kappa shape index (κ2) is 7.58. The highest BCUT2D eigenvalue weighted by Crippen LogP contribution is 2.35. The molecule has 148 valence electrons. The molecule has 3 aliphatic rings. The standard InChI is InChI=1S/C21H32N4O2/c1-13-3-5-14(6-4-13)24-21(26)17-9-18(22)19(23-2)10-20(17)25-11-15-7-8-16(12-25)27-15/h9-10,13-16,23H,3-8,11-12,22H2,1-2H3,(H,24,26). The number of ether oxygens (including phenoxy) is 1. The van der Waals surface area contributed by atoms with Crippen molar-refractivity contribution in [2.24, 2.45) is 5.92 Å². The molecule has 2 atom stereocenters. The number of amides is 1. The van der Waals surface area contributed by atoms with Crippen molar-refractivity contribution in [1.82, 2.24) is 5.32 Å². The van der Waals surface area contributed by atoms with Crippen molar-refractivity contribution in [2.45, 2.75) is 63.7 Å². The van der Waals surface area contributed by atoms with Gasteiger partial charge in [-0.15, -0.1) is 0 Å². The van der Waals surface area contributed by atoms with Crippen LogP contribution in [-0.2, 0) is 4.74 Å². The van der Waals surface area contributed by atoms with Gasteiger partial charge in [-0.3, -0.25) is 4.79 Å². The summed E-state index contributed by atoms with van der Waals surface area (Å²) in [5.41, 5.74) is 9.33. The number of fused-ring (bicyclic) bond motifs is 2. The van der Waals surface area contributed by atoms with Gasteiger partial charge in [0.25, 0.3) is 5.91 Å². The topological polar surface area (TPSA) is 79.6 Å². The molecule has 1 aromatic carbocycles. The van der Waals surface area contributed by atoms with Crippen LogP contribution in [0.3, 0.4) is 0 Å². The molecule has 2 saturated heterocycles. The highest BCUT2D eigenvalue weighted by molar-refractivity contribution is 6.02. The summed E-state index contributed by atoms with van der Waals surface area (Å²) in [4.78, 5) is 15.5. The third kappa shape index (κ3) is 3.86. The van der Waals surface area contributed by atoms with E-state index >= 15 is 0 Å². The fraction of sp³-hybridized carbons (Fsp3) is 0.667. The Bertz CT molecular complexity index is 688. The Morgan fingerprint density at radius 2 is 1.78 bits per heavy atom. The zero-order valence-electron chi connectivity index (χ0n) is 16.5. The second-order valence-corrected chi connectivity index (χ2v) is 8.50. The second-order valence-electron chi connectivity index (χ2n) is 8.50. The maximum Gasteiger partial charge on any atom is 0.253 e. The summed E-state index contributed by atoms with van der Waals surface area (Å²) in [7, 11) is 1.86. The minimum atomic E-state index is -0.00209. The smallest absolute Gasteiger partial charge is 0.253 e. The van der Waals surface area contributed by atoms with E-state index in [1.807, 2.05) is 19.2 Å². The fourth-order valence-corrected chi connectivity index (χ4v) is 4.74. The van der Waals surface area contributed by atoms with Gasteiger partial charge in [0.15, 0.2) is 0 Å². The van der Waals surface area contributed by atoms with Crippen molar-refractivity contribution >= 4 is 23.0 Å². The van der Waals surface area contributed by atoms with E-state index in [0.29, 0.717) is 11.3 Å². The summed E-state index contributed by atoms with van der Waals surface area (Å²) in [5.74, 6) is 0.765. The van der Waals surface area contributed by atoms with E-state index in [1.165, 1.54) is 12.8 Å². The van der Waals surface area contributed by atoms with E-state index in [0.717, 1.165) is 56.1 Å². The third-order valence-electron chi connectivity index (χ3n) is 6.42. The van der Waals surface area contributed by atoms with Gasteiger partial charge in [0.1, 0.15) is 0 Å². The molecule has 1 aliphatic carbocycles. The Morgan fingerprint density at radius 3 is 2.41 bits per heavy atom. The predicted octanol–water partition coefficient (Wildman–Crippen LogP) is 2.99.